The van der Waals surface area contributed by atoms with E-state index in [-0.39, 0.29) is 19.4 Å². The Morgan fingerprint density at radius 3 is 2.29 bits per heavy atom. The lowest BCUT2D eigenvalue weighted by atomic mass is 9.64. The lowest BCUT2D eigenvalue weighted by molar-refractivity contribution is -0.292. The van der Waals surface area contributed by atoms with Gasteiger partial charge in [0.25, 0.3) is 0 Å². The van der Waals surface area contributed by atoms with Crippen LogP contribution in [0, 0.1) is 5.41 Å². The maximum Gasteiger partial charge on any atom is 0.324 e. The largest absolute Gasteiger partial charge is 0.461 e. The third kappa shape index (κ3) is 1.71. The fourth-order valence-corrected chi connectivity index (χ4v) is 2.27. The quantitative estimate of drug-likeness (QED) is 0.394. The Morgan fingerprint density at radius 2 is 1.76 bits per heavy atom. The molecule has 0 aromatic rings. The van der Waals surface area contributed by atoms with E-state index in [2.05, 4.69) is 0 Å². The molecule has 6 nitrogen and oxygen atoms in total. The first-order valence-electron chi connectivity index (χ1n) is 5.47. The molecule has 1 saturated carbocycles. The second kappa shape index (κ2) is 3.96. The number of ether oxygens (including phenoxy) is 4. The van der Waals surface area contributed by atoms with Crippen LogP contribution in [0.25, 0.3) is 0 Å². The SMILES string of the molecule is COC1(OC)CC2(C1)C(=O)OCC(C)OC2=O. The van der Waals surface area contributed by atoms with Crippen molar-refractivity contribution < 1.29 is 28.5 Å². The van der Waals surface area contributed by atoms with E-state index in [0.29, 0.717) is 0 Å². The monoisotopic (exact) mass is 244 g/mol. The van der Waals surface area contributed by atoms with Gasteiger partial charge in [0, 0.05) is 27.1 Å². The fraction of sp³-hybridized carbons (Fsp3) is 0.818. The average Bonchev–Trinajstić information content (AvgIpc) is 2.35. The van der Waals surface area contributed by atoms with Crippen LogP contribution in [0.4, 0.5) is 0 Å². The molecule has 0 amide bonds. The Balaban J connectivity index is 2.20. The summed E-state index contributed by atoms with van der Waals surface area (Å²) in [5, 5.41) is 0. The van der Waals surface area contributed by atoms with Gasteiger partial charge in [-0.25, -0.2) is 0 Å². The molecule has 1 heterocycles. The number of hydrogen-bond donors (Lipinski definition) is 0. The number of hydrogen-bond acceptors (Lipinski definition) is 6. The Kier molecular flexibility index (Phi) is 2.87. The summed E-state index contributed by atoms with van der Waals surface area (Å²) in [6.07, 6.45) is -0.139. The number of esters is 2. The smallest absolute Gasteiger partial charge is 0.324 e. The normalized spacial score (nSPS) is 30.2. The topological polar surface area (TPSA) is 71.1 Å². The summed E-state index contributed by atoms with van der Waals surface area (Å²) in [6, 6.07) is 0. The summed E-state index contributed by atoms with van der Waals surface area (Å²) in [5.74, 6) is -1.97. The van der Waals surface area contributed by atoms with Crippen molar-refractivity contribution in [2.45, 2.75) is 31.7 Å². The van der Waals surface area contributed by atoms with E-state index in [4.69, 9.17) is 18.9 Å². The molecular formula is C11H16O6. The van der Waals surface area contributed by atoms with Crippen molar-refractivity contribution >= 4 is 11.9 Å². The van der Waals surface area contributed by atoms with Gasteiger partial charge in [-0.1, -0.05) is 0 Å². The second-order valence-electron chi connectivity index (χ2n) is 4.57. The van der Waals surface area contributed by atoms with Gasteiger partial charge in [0.2, 0.25) is 0 Å². The van der Waals surface area contributed by atoms with Gasteiger partial charge in [-0.3, -0.25) is 9.59 Å². The predicted molar refractivity (Wildman–Crippen MR) is 54.9 cm³/mol. The van der Waals surface area contributed by atoms with Crippen molar-refractivity contribution in [3.05, 3.63) is 0 Å². The molecule has 6 heteroatoms. The zero-order valence-corrected chi connectivity index (χ0v) is 10.1. The molecule has 96 valence electrons. The highest BCUT2D eigenvalue weighted by Gasteiger charge is 2.67. The summed E-state index contributed by atoms with van der Waals surface area (Å²) in [7, 11) is 2.96. The Morgan fingerprint density at radius 1 is 1.18 bits per heavy atom. The Labute approximate surface area is 99.2 Å². The minimum atomic E-state index is -1.25. The van der Waals surface area contributed by atoms with Crippen LogP contribution < -0.4 is 0 Å². The van der Waals surface area contributed by atoms with E-state index >= 15 is 0 Å². The zero-order chi connectivity index (χ0) is 12.7. The molecule has 0 aromatic carbocycles. The molecule has 0 radical (unpaired) electrons. The average molecular weight is 244 g/mol. The van der Waals surface area contributed by atoms with E-state index in [1.165, 1.54) is 14.2 Å². The highest BCUT2D eigenvalue weighted by atomic mass is 16.7. The molecule has 1 aliphatic carbocycles. The van der Waals surface area contributed by atoms with Crippen LogP contribution >= 0.6 is 0 Å². The number of cyclic esters (lactones) is 2. The van der Waals surface area contributed by atoms with Crippen LogP contribution in [0.1, 0.15) is 19.8 Å². The van der Waals surface area contributed by atoms with Crippen molar-refractivity contribution in [3.8, 4) is 0 Å². The van der Waals surface area contributed by atoms with E-state index in [9.17, 15) is 9.59 Å². The zero-order valence-electron chi connectivity index (χ0n) is 10.1. The molecule has 17 heavy (non-hydrogen) atoms. The lowest BCUT2D eigenvalue weighted by Crippen LogP contribution is -2.61. The standard InChI is InChI=1S/C11H16O6/c1-7-4-16-8(12)10(9(13)17-7)5-11(6-10,14-2)15-3/h7H,4-6H2,1-3H3. The Hall–Kier alpha value is -1.14. The Bertz CT molecular complexity index is 338. The van der Waals surface area contributed by atoms with Gasteiger partial charge in [-0.2, -0.15) is 0 Å². The van der Waals surface area contributed by atoms with E-state index in [1.807, 2.05) is 0 Å². The molecule has 2 fully saturated rings. The fourth-order valence-electron chi connectivity index (χ4n) is 2.27. The number of carbonyl (C=O) groups is 2. The third-order valence-corrected chi connectivity index (χ3v) is 3.43. The van der Waals surface area contributed by atoms with Gasteiger partial charge < -0.3 is 18.9 Å². The van der Waals surface area contributed by atoms with Crippen LogP contribution in [0.2, 0.25) is 0 Å². The van der Waals surface area contributed by atoms with Gasteiger partial charge in [0.1, 0.15) is 12.7 Å². The van der Waals surface area contributed by atoms with Crippen molar-refractivity contribution in [2.24, 2.45) is 5.41 Å². The maximum atomic E-state index is 11.9. The van der Waals surface area contributed by atoms with Crippen molar-refractivity contribution in [1.29, 1.82) is 0 Å². The minimum absolute atomic E-state index is 0.0965. The first-order valence-corrected chi connectivity index (χ1v) is 5.47. The van der Waals surface area contributed by atoms with Crippen LogP contribution in [0.3, 0.4) is 0 Å². The van der Waals surface area contributed by atoms with Crippen LogP contribution in [-0.2, 0) is 28.5 Å². The third-order valence-electron chi connectivity index (χ3n) is 3.43. The van der Waals surface area contributed by atoms with Gasteiger partial charge in [-0.05, 0) is 6.92 Å². The molecule has 1 aliphatic heterocycles. The minimum Gasteiger partial charge on any atom is -0.461 e. The first kappa shape index (κ1) is 12.3. The van der Waals surface area contributed by atoms with Gasteiger partial charge in [0.05, 0.1) is 0 Å². The molecule has 0 bridgehead atoms. The molecule has 1 spiro atoms. The predicted octanol–water partition coefficient (Wildman–Crippen LogP) is 0.244. The summed E-state index contributed by atoms with van der Waals surface area (Å²) in [6.45, 7) is 1.78. The maximum absolute atomic E-state index is 11.9. The molecule has 2 rings (SSSR count). The molecule has 1 saturated heterocycles. The van der Waals surface area contributed by atoms with Crippen molar-refractivity contribution in [1.82, 2.24) is 0 Å². The van der Waals surface area contributed by atoms with Crippen LogP contribution in [-0.4, -0.2) is 44.7 Å². The molecule has 1 unspecified atom stereocenters. The highest BCUT2D eigenvalue weighted by Crippen LogP contribution is 2.53. The summed E-state index contributed by atoms with van der Waals surface area (Å²) in [4.78, 5) is 23.8. The molecule has 0 aromatic heterocycles. The molecule has 1 atom stereocenters. The number of rotatable bonds is 2. The first-order chi connectivity index (χ1) is 7.98. The van der Waals surface area contributed by atoms with E-state index in [0.717, 1.165) is 0 Å². The van der Waals surface area contributed by atoms with Gasteiger partial charge in [0.15, 0.2) is 11.2 Å². The summed E-state index contributed by atoms with van der Waals surface area (Å²) in [5.41, 5.74) is -1.25. The number of carbonyl (C=O) groups excluding carboxylic acids is 2. The van der Waals surface area contributed by atoms with Crippen LogP contribution in [0.5, 0.6) is 0 Å². The van der Waals surface area contributed by atoms with E-state index in [1.54, 1.807) is 6.92 Å². The highest BCUT2D eigenvalue weighted by molar-refractivity contribution is 6.02. The summed E-state index contributed by atoms with van der Waals surface area (Å²) >= 11 is 0. The molecular weight excluding hydrogens is 228 g/mol. The van der Waals surface area contributed by atoms with Gasteiger partial charge in [-0.15, -0.1) is 0 Å². The summed E-state index contributed by atoms with van der Waals surface area (Å²) < 4.78 is 20.5. The van der Waals surface area contributed by atoms with Crippen LogP contribution in [0.15, 0.2) is 0 Å². The second-order valence-corrected chi connectivity index (χ2v) is 4.57. The van der Waals surface area contributed by atoms with Crippen molar-refractivity contribution in [3.63, 3.8) is 0 Å². The number of methoxy groups -OCH3 is 2. The lowest BCUT2D eigenvalue weighted by Gasteiger charge is -2.49. The van der Waals surface area contributed by atoms with Crippen molar-refractivity contribution in [2.75, 3.05) is 20.8 Å². The van der Waals surface area contributed by atoms with E-state index < -0.39 is 29.2 Å². The molecule has 0 N–H and O–H groups in total. The van der Waals surface area contributed by atoms with Gasteiger partial charge >= 0.3 is 11.9 Å². The molecule has 2 aliphatic rings.